The molecular formula is C23H27F3N6O. The molecule has 0 bridgehead atoms. The van der Waals surface area contributed by atoms with E-state index in [0.29, 0.717) is 30.5 Å². The van der Waals surface area contributed by atoms with E-state index in [4.69, 9.17) is 0 Å². The Hall–Kier alpha value is -2.88. The normalized spacial score (nSPS) is 24.2. The number of carbonyl (C=O) groups excluding carboxylic acids is 1. The van der Waals surface area contributed by atoms with Gasteiger partial charge in [0.2, 0.25) is 5.91 Å². The van der Waals surface area contributed by atoms with Gasteiger partial charge in [0.05, 0.1) is 23.6 Å². The number of benzene rings is 1. The standard InChI is InChI=1S/C23H27F3N6O/c1-14-18(30-21(29-14)15-2-4-16(5-3-15)23(24,25)26)12-31-10-7-17(8-11-31)32-13-28-20-19(32)6-9-27-22(20)33/h2-5,13,17,19-20H,6-12H2,1H3,(H,27,33)(H,29,30). The molecule has 2 aromatic rings. The van der Waals surface area contributed by atoms with Crippen LogP contribution in [0.3, 0.4) is 0 Å². The molecule has 0 aliphatic carbocycles. The average Bonchev–Trinajstić information content (AvgIpc) is 3.39. The van der Waals surface area contributed by atoms with Gasteiger partial charge < -0.3 is 15.2 Å². The van der Waals surface area contributed by atoms with Crippen LogP contribution in [0.5, 0.6) is 0 Å². The molecule has 2 saturated heterocycles. The van der Waals surface area contributed by atoms with E-state index in [1.165, 1.54) is 12.1 Å². The lowest BCUT2D eigenvalue weighted by Crippen LogP contribution is -2.55. The van der Waals surface area contributed by atoms with Crippen LogP contribution in [0.4, 0.5) is 13.2 Å². The van der Waals surface area contributed by atoms with Crippen LogP contribution in [-0.2, 0) is 17.5 Å². The number of H-pyrrole nitrogens is 1. The number of aromatic amines is 1. The molecule has 33 heavy (non-hydrogen) atoms. The summed E-state index contributed by atoms with van der Waals surface area (Å²) in [6.45, 7) is 5.18. The van der Waals surface area contributed by atoms with Crippen LogP contribution in [0.25, 0.3) is 11.4 Å². The van der Waals surface area contributed by atoms with Crippen LogP contribution >= 0.6 is 0 Å². The van der Waals surface area contributed by atoms with Crippen molar-refractivity contribution >= 4 is 12.2 Å². The second kappa shape index (κ2) is 8.48. The molecule has 10 heteroatoms. The highest BCUT2D eigenvalue weighted by Crippen LogP contribution is 2.31. The fraction of sp³-hybridized carbons (Fsp3) is 0.522. The summed E-state index contributed by atoms with van der Waals surface area (Å²) >= 11 is 0. The van der Waals surface area contributed by atoms with Gasteiger partial charge in [-0.2, -0.15) is 13.2 Å². The zero-order chi connectivity index (χ0) is 23.2. The Balaban J connectivity index is 1.19. The van der Waals surface area contributed by atoms with Gasteiger partial charge in [0, 0.05) is 43.5 Å². The van der Waals surface area contributed by atoms with Crippen LogP contribution in [0.1, 0.15) is 36.2 Å². The van der Waals surface area contributed by atoms with Crippen molar-refractivity contribution in [2.24, 2.45) is 4.99 Å². The maximum Gasteiger partial charge on any atom is 0.416 e. The van der Waals surface area contributed by atoms with E-state index in [0.717, 1.165) is 55.9 Å². The summed E-state index contributed by atoms with van der Waals surface area (Å²) < 4.78 is 38.5. The number of nitrogens with zero attached hydrogens (tertiary/aromatic N) is 4. The number of halogens is 3. The Morgan fingerprint density at radius 1 is 1.12 bits per heavy atom. The second-order valence-electron chi connectivity index (χ2n) is 9.04. The molecule has 3 aliphatic heterocycles. The molecule has 2 N–H and O–H groups in total. The van der Waals surface area contributed by atoms with Crippen molar-refractivity contribution in [3.8, 4) is 11.4 Å². The molecule has 4 heterocycles. The number of likely N-dealkylation sites (tertiary alicyclic amines) is 1. The van der Waals surface area contributed by atoms with E-state index >= 15 is 0 Å². The number of aromatic nitrogens is 2. The number of amides is 1. The Bertz CT molecular complexity index is 1040. The number of aryl methyl sites for hydroxylation is 1. The third kappa shape index (κ3) is 4.36. The van der Waals surface area contributed by atoms with Gasteiger partial charge in [0.15, 0.2) is 6.04 Å². The van der Waals surface area contributed by atoms with Crippen molar-refractivity contribution < 1.29 is 18.0 Å². The maximum atomic E-state index is 12.8. The first-order valence-corrected chi connectivity index (χ1v) is 11.3. The van der Waals surface area contributed by atoms with E-state index in [-0.39, 0.29) is 18.0 Å². The highest BCUT2D eigenvalue weighted by molar-refractivity contribution is 5.87. The fourth-order valence-electron chi connectivity index (χ4n) is 5.05. The Labute approximate surface area is 190 Å². The van der Waals surface area contributed by atoms with Gasteiger partial charge in [-0.15, -0.1) is 0 Å². The molecule has 7 nitrogen and oxygen atoms in total. The van der Waals surface area contributed by atoms with Crippen molar-refractivity contribution in [3.63, 3.8) is 0 Å². The fourth-order valence-corrected chi connectivity index (χ4v) is 5.05. The van der Waals surface area contributed by atoms with Gasteiger partial charge >= 0.3 is 6.18 Å². The molecule has 0 saturated carbocycles. The summed E-state index contributed by atoms with van der Waals surface area (Å²) in [7, 11) is 0. The van der Waals surface area contributed by atoms with E-state index in [1.807, 2.05) is 13.3 Å². The lowest BCUT2D eigenvalue weighted by molar-refractivity contribution is -0.137. The lowest BCUT2D eigenvalue weighted by Gasteiger charge is -2.41. The molecular weight excluding hydrogens is 433 g/mol. The highest BCUT2D eigenvalue weighted by Gasteiger charge is 2.41. The predicted molar refractivity (Wildman–Crippen MR) is 118 cm³/mol. The number of alkyl halides is 3. The monoisotopic (exact) mass is 460 g/mol. The summed E-state index contributed by atoms with van der Waals surface area (Å²) in [5.74, 6) is 0.612. The second-order valence-corrected chi connectivity index (χ2v) is 9.04. The van der Waals surface area contributed by atoms with Crippen molar-refractivity contribution in [2.45, 2.75) is 57.0 Å². The molecule has 3 aliphatic rings. The minimum atomic E-state index is -4.35. The minimum absolute atomic E-state index is 0.0280. The quantitative estimate of drug-likeness (QED) is 0.736. The lowest BCUT2D eigenvalue weighted by atomic mass is 9.96. The van der Waals surface area contributed by atoms with Crippen LogP contribution in [0.15, 0.2) is 29.3 Å². The largest absolute Gasteiger partial charge is 0.416 e. The molecule has 1 aromatic heterocycles. The Kier molecular flexibility index (Phi) is 5.64. The number of aliphatic imine (C=N–C) groups is 1. The van der Waals surface area contributed by atoms with E-state index in [9.17, 15) is 18.0 Å². The first kappa shape index (κ1) is 21.9. The van der Waals surface area contributed by atoms with Crippen molar-refractivity contribution in [1.29, 1.82) is 0 Å². The predicted octanol–water partition coefficient (Wildman–Crippen LogP) is 2.97. The Morgan fingerprint density at radius 3 is 2.55 bits per heavy atom. The summed E-state index contributed by atoms with van der Waals surface area (Å²) in [6.07, 6.45) is 0.433. The first-order valence-electron chi connectivity index (χ1n) is 11.3. The van der Waals surface area contributed by atoms with Gasteiger partial charge in [-0.1, -0.05) is 12.1 Å². The number of piperidine rings is 2. The number of nitrogens with one attached hydrogen (secondary N) is 2. The number of hydrogen-bond donors (Lipinski definition) is 2. The van der Waals surface area contributed by atoms with Crippen molar-refractivity contribution in [2.75, 3.05) is 19.6 Å². The molecule has 5 rings (SSSR count). The minimum Gasteiger partial charge on any atom is -0.354 e. The average molecular weight is 461 g/mol. The Morgan fingerprint density at radius 2 is 1.85 bits per heavy atom. The van der Waals surface area contributed by atoms with Crippen LogP contribution in [0, 0.1) is 6.92 Å². The first-order chi connectivity index (χ1) is 15.8. The van der Waals surface area contributed by atoms with Gasteiger partial charge in [0.25, 0.3) is 0 Å². The molecule has 1 aromatic carbocycles. The molecule has 0 radical (unpaired) electrons. The molecule has 2 fully saturated rings. The van der Waals surface area contributed by atoms with Crippen LogP contribution in [0.2, 0.25) is 0 Å². The topological polar surface area (TPSA) is 76.6 Å². The van der Waals surface area contributed by atoms with Gasteiger partial charge in [-0.25, -0.2) is 4.98 Å². The number of hydrogen-bond acceptors (Lipinski definition) is 5. The van der Waals surface area contributed by atoms with Gasteiger partial charge in [-0.3, -0.25) is 14.7 Å². The highest BCUT2D eigenvalue weighted by atomic mass is 19.4. The number of imidazole rings is 1. The number of rotatable bonds is 4. The summed E-state index contributed by atoms with van der Waals surface area (Å²) in [5, 5.41) is 2.89. The zero-order valence-electron chi connectivity index (χ0n) is 18.4. The summed E-state index contributed by atoms with van der Waals surface area (Å²) in [5.41, 5.74) is 1.81. The van der Waals surface area contributed by atoms with Crippen LogP contribution < -0.4 is 5.32 Å². The number of carbonyl (C=O) groups is 1. The third-order valence-corrected chi connectivity index (χ3v) is 6.94. The zero-order valence-corrected chi connectivity index (χ0v) is 18.4. The molecule has 1 amide bonds. The number of fused-ring (bicyclic) bond motifs is 1. The summed E-state index contributed by atoms with van der Waals surface area (Å²) in [4.78, 5) is 29.0. The molecule has 0 spiro atoms. The molecule has 2 atom stereocenters. The third-order valence-electron chi connectivity index (χ3n) is 6.94. The summed E-state index contributed by atoms with van der Waals surface area (Å²) in [6, 6.07) is 5.36. The van der Waals surface area contributed by atoms with Crippen molar-refractivity contribution in [1.82, 2.24) is 25.1 Å². The molecule has 176 valence electrons. The molecule has 2 unspecified atom stereocenters. The van der Waals surface area contributed by atoms with E-state index in [2.05, 4.69) is 30.1 Å². The van der Waals surface area contributed by atoms with Crippen LogP contribution in [-0.4, -0.2) is 69.8 Å². The maximum absolute atomic E-state index is 12.8. The van der Waals surface area contributed by atoms with Gasteiger partial charge in [-0.05, 0) is 38.3 Å². The van der Waals surface area contributed by atoms with Gasteiger partial charge in [0.1, 0.15) is 5.82 Å². The smallest absolute Gasteiger partial charge is 0.354 e. The van der Waals surface area contributed by atoms with E-state index < -0.39 is 11.7 Å². The van der Waals surface area contributed by atoms with E-state index in [1.54, 1.807) is 0 Å². The SMILES string of the molecule is Cc1[nH]c(-c2ccc(C(F)(F)F)cc2)nc1CN1CCC(N2C=NC3C(=O)NCCC32)CC1. The van der Waals surface area contributed by atoms with Crippen molar-refractivity contribution in [3.05, 3.63) is 41.2 Å².